The second-order valence-electron chi connectivity index (χ2n) is 5.75. The van der Waals surface area contributed by atoms with E-state index < -0.39 is 17.8 Å². The average Bonchev–Trinajstić information content (AvgIpc) is 2.45. The van der Waals surface area contributed by atoms with Gasteiger partial charge in [0.1, 0.15) is 0 Å². The van der Waals surface area contributed by atoms with E-state index in [9.17, 15) is 14.7 Å². The largest absolute Gasteiger partial charge is 0.481 e. The summed E-state index contributed by atoms with van der Waals surface area (Å²) in [6.45, 7) is 2.74. The minimum absolute atomic E-state index is 0.127. The quantitative estimate of drug-likeness (QED) is 0.634. The normalized spacial score (nSPS) is 24.1. The number of hydrogen-bond acceptors (Lipinski definition) is 3. The Hall–Kier alpha value is -1.10. The van der Waals surface area contributed by atoms with Gasteiger partial charge in [0.25, 0.3) is 0 Å². The van der Waals surface area contributed by atoms with Crippen LogP contribution in [0.15, 0.2) is 0 Å². The predicted octanol–water partition coefficient (Wildman–Crippen LogP) is 1.79. The fraction of sp³-hybridized carbons (Fsp3) is 0.867. The minimum atomic E-state index is -0.856. The second kappa shape index (κ2) is 8.95. The van der Waals surface area contributed by atoms with Crippen molar-refractivity contribution in [2.45, 2.75) is 51.9 Å². The summed E-state index contributed by atoms with van der Waals surface area (Å²) in [5, 5.41) is 21.1. The van der Waals surface area contributed by atoms with Crippen molar-refractivity contribution in [3.63, 3.8) is 0 Å². The number of amides is 1. The minimum Gasteiger partial charge on any atom is -0.481 e. The van der Waals surface area contributed by atoms with E-state index in [4.69, 9.17) is 5.11 Å². The summed E-state index contributed by atoms with van der Waals surface area (Å²) in [4.78, 5) is 23.4. The van der Waals surface area contributed by atoms with E-state index in [1.165, 1.54) is 0 Å². The van der Waals surface area contributed by atoms with Crippen molar-refractivity contribution in [2.75, 3.05) is 13.2 Å². The van der Waals surface area contributed by atoms with Crippen LogP contribution < -0.4 is 5.32 Å². The monoisotopic (exact) mass is 285 g/mol. The molecule has 1 aliphatic rings. The molecular formula is C15H27NO4. The molecule has 0 aliphatic heterocycles. The third-order valence-electron chi connectivity index (χ3n) is 4.22. The number of carbonyl (C=O) groups is 2. The molecule has 1 saturated carbocycles. The average molecular weight is 285 g/mol. The molecule has 0 bridgehead atoms. The van der Waals surface area contributed by atoms with Gasteiger partial charge in [0.15, 0.2) is 0 Å². The first-order valence-electron chi connectivity index (χ1n) is 7.71. The fourth-order valence-corrected chi connectivity index (χ4v) is 3.06. The molecule has 0 heterocycles. The summed E-state index contributed by atoms with van der Waals surface area (Å²) in [6, 6.07) is 0. The lowest BCUT2D eigenvalue weighted by Gasteiger charge is -2.28. The number of carboxylic acids is 1. The van der Waals surface area contributed by atoms with Crippen LogP contribution in [0.25, 0.3) is 0 Å². The van der Waals surface area contributed by atoms with Crippen LogP contribution in [-0.2, 0) is 9.59 Å². The highest BCUT2D eigenvalue weighted by Gasteiger charge is 2.35. The zero-order valence-electron chi connectivity index (χ0n) is 12.3. The smallest absolute Gasteiger partial charge is 0.307 e. The maximum Gasteiger partial charge on any atom is 0.307 e. The van der Waals surface area contributed by atoms with Gasteiger partial charge in [-0.15, -0.1) is 0 Å². The summed E-state index contributed by atoms with van der Waals surface area (Å²) < 4.78 is 0. The van der Waals surface area contributed by atoms with Crippen LogP contribution >= 0.6 is 0 Å². The van der Waals surface area contributed by atoms with Crippen LogP contribution in [0.5, 0.6) is 0 Å². The lowest BCUT2D eigenvalue weighted by atomic mass is 9.78. The molecule has 5 nitrogen and oxygen atoms in total. The van der Waals surface area contributed by atoms with Crippen LogP contribution in [0.1, 0.15) is 51.9 Å². The SMILES string of the molecule is CCCC(CCO)CNC(=O)C1CCCCC1C(=O)O. The van der Waals surface area contributed by atoms with E-state index in [0.717, 1.165) is 25.7 Å². The van der Waals surface area contributed by atoms with Crippen LogP contribution in [0.3, 0.4) is 0 Å². The van der Waals surface area contributed by atoms with Crippen molar-refractivity contribution in [2.24, 2.45) is 17.8 Å². The summed E-state index contributed by atoms with van der Waals surface area (Å²) in [5.41, 5.74) is 0. The first kappa shape index (κ1) is 17.0. The van der Waals surface area contributed by atoms with E-state index in [-0.39, 0.29) is 18.4 Å². The van der Waals surface area contributed by atoms with Crippen molar-refractivity contribution in [3.05, 3.63) is 0 Å². The molecule has 3 unspecified atom stereocenters. The lowest BCUT2D eigenvalue weighted by Crippen LogP contribution is -2.41. The highest BCUT2D eigenvalue weighted by Crippen LogP contribution is 2.30. The molecule has 3 N–H and O–H groups in total. The Morgan fingerprint density at radius 1 is 1.20 bits per heavy atom. The molecule has 0 radical (unpaired) electrons. The van der Waals surface area contributed by atoms with Crippen molar-refractivity contribution in [3.8, 4) is 0 Å². The van der Waals surface area contributed by atoms with Crippen LogP contribution in [0.4, 0.5) is 0 Å². The van der Waals surface area contributed by atoms with Crippen molar-refractivity contribution in [1.29, 1.82) is 0 Å². The molecule has 0 saturated heterocycles. The Labute approximate surface area is 120 Å². The first-order chi connectivity index (χ1) is 9.60. The van der Waals surface area contributed by atoms with Crippen molar-refractivity contribution in [1.82, 2.24) is 5.32 Å². The van der Waals surface area contributed by atoms with Gasteiger partial charge < -0.3 is 15.5 Å². The molecule has 0 spiro atoms. The molecular weight excluding hydrogens is 258 g/mol. The first-order valence-corrected chi connectivity index (χ1v) is 7.71. The highest BCUT2D eigenvalue weighted by atomic mass is 16.4. The van der Waals surface area contributed by atoms with Crippen LogP contribution in [-0.4, -0.2) is 35.2 Å². The summed E-state index contributed by atoms with van der Waals surface area (Å²) in [7, 11) is 0. The van der Waals surface area contributed by atoms with Crippen molar-refractivity contribution < 1.29 is 19.8 Å². The van der Waals surface area contributed by atoms with Gasteiger partial charge in [-0.3, -0.25) is 9.59 Å². The molecule has 5 heteroatoms. The Morgan fingerprint density at radius 3 is 2.40 bits per heavy atom. The van der Waals surface area contributed by atoms with Gasteiger partial charge in [0.05, 0.1) is 11.8 Å². The van der Waals surface area contributed by atoms with E-state index in [1.807, 2.05) is 0 Å². The number of aliphatic hydroxyl groups excluding tert-OH is 1. The van der Waals surface area contributed by atoms with Gasteiger partial charge in [-0.05, 0) is 31.6 Å². The van der Waals surface area contributed by atoms with Gasteiger partial charge in [-0.2, -0.15) is 0 Å². The number of hydrogen-bond donors (Lipinski definition) is 3. The van der Waals surface area contributed by atoms with Gasteiger partial charge in [0.2, 0.25) is 5.91 Å². The molecule has 0 aromatic heterocycles. The number of rotatable bonds is 8. The van der Waals surface area contributed by atoms with E-state index in [0.29, 0.717) is 25.8 Å². The zero-order valence-corrected chi connectivity index (χ0v) is 12.3. The number of aliphatic carboxylic acids is 1. The van der Waals surface area contributed by atoms with E-state index >= 15 is 0 Å². The summed E-state index contributed by atoms with van der Waals surface area (Å²) in [6.07, 6.45) is 5.75. The molecule has 0 aromatic rings. The molecule has 1 fully saturated rings. The summed E-state index contributed by atoms with van der Waals surface area (Å²) >= 11 is 0. The van der Waals surface area contributed by atoms with Gasteiger partial charge in [-0.25, -0.2) is 0 Å². The molecule has 0 aromatic carbocycles. The number of carboxylic acid groups (broad SMARTS) is 1. The third kappa shape index (κ3) is 5.12. The number of nitrogens with one attached hydrogen (secondary N) is 1. The van der Waals surface area contributed by atoms with Crippen LogP contribution in [0.2, 0.25) is 0 Å². The van der Waals surface area contributed by atoms with E-state index in [1.54, 1.807) is 0 Å². The molecule has 1 rings (SSSR count). The predicted molar refractivity (Wildman–Crippen MR) is 76.2 cm³/mol. The summed E-state index contributed by atoms with van der Waals surface area (Å²) in [5.74, 6) is -1.63. The Morgan fingerprint density at radius 2 is 1.85 bits per heavy atom. The Kier molecular flexibility index (Phi) is 7.59. The van der Waals surface area contributed by atoms with Crippen LogP contribution in [0, 0.1) is 17.8 Å². The molecule has 3 atom stereocenters. The molecule has 20 heavy (non-hydrogen) atoms. The standard InChI is InChI=1S/C15H27NO4/c1-2-5-11(8-9-17)10-16-14(18)12-6-3-4-7-13(12)15(19)20/h11-13,17H,2-10H2,1H3,(H,16,18)(H,19,20). The fourth-order valence-electron chi connectivity index (χ4n) is 3.06. The Balaban J connectivity index is 2.48. The third-order valence-corrected chi connectivity index (χ3v) is 4.22. The van der Waals surface area contributed by atoms with Crippen molar-refractivity contribution >= 4 is 11.9 Å². The molecule has 1 aliphatic carbocycles. The second-order valence-corrected chi connectivity index (χ2v) is 5.75. The van der Waals surface area contributed by atoms with E-state index in [2.05, 4.69) is 12.2 Å². The molecule has 1 amide bonds. The number of aliphatic hydroxyl groups is 1. The van der Waals surface area contributed by atoms with Gasteiger partial charge in [-0.1, -0.05) is 26.2 Å². The molecule has 116 valence electrons. The maximum atomic E-state index is 12.2. The highest BCUT2D eigenvalue weighted by molar-refractivity contribution is 5.84. The topological polar surface area (TPSA) is 86.6 Å². The number of carbonyl (C=O) groups excluding carboxylic acids is 1. The lowest BCUT2D eigenvalue weighted by molar-refractivity contribution is -0.148. The van der Waals surface area contributed by atoms with Gasteiger partial charge >= 0.3 is 5.97 Å². The van der Waals surface area contributed by atoms with Gasteiger partial charge in [0, 0.05) is 13.2 Å². The zero-order chi connectivity index (χ0) is 15.0. The Bertz CT molecular complexity index is 313. The maximum absolute atomic E-state index is 12.2.